The van der Waals surface area contributed by atoms with Gasteiger partial charge in [-0.25, -0.2) is 0 Å². The van der Waals surface area contributed by atoms with Gasteiger partial charge in [0.05, 0.1) is 6.04 Å². The van der Waals surface area contributed by atoms with Crippen molar-refractivity contribution in [3.63, 3.8) is 0 Å². The van der Waals surface area contributed by atoms with Crippen LogP contribution in [0.2, 0.25) is 0 Å². The van der Waals surface area contributed by atoms with Gasteiger partial charge in [0.25, 0.3) is 5.91 Å². The summed E-state index contributed by atoms with van der Waals surface area (Å²) in [5, 5.41) is 0. The van der Waals surface area contributed by atoms with Crippen LogP contribution in [0.25, 0.3) is 0 Å². The fourth-order valence-corrected chi connectivity index (χ4v) is 3.12. The minimum absolute atomic E-state index is 0.0419. The third-order valence-corrected chi connectivity index (χ3v) is 4.53. The number of para-hydroxylation sites is 1. The molecule has 126 valence electrons. The number of benzene rings is 2. The molecule has 3 rings (SSSR count). The molecular formula is C20H24N2O2. The Balaban J connectivity index is 1.71. The molecule has 0 bridgehead atoms. The summed E-state index contributed by atoms with van der Waals surface area (Å²) in [7, 11) is 2.10. The summed E-state index contributed by atoms with van der Waals surface area (Å²) in [5.74, 6) is 0.816. The smallest absolute Gasteiger partial charge is 0.261 e. The molecule has 0 aromatic heterocycles. The lowest BCUT2D eigenvalue weighted by molar-refractivity contribution is -0.138. The molecule has 0 spiro atoms. The Hall–Kier alpha value is -2.33. The topological polar surface area (TPSA) is 32.8 Å². The molecule has 1 fully saturated rings. The number of likely N-dealkylation sites (N-methyl/N-ethyl adjacent to an activating group) is 1. The van der Waals surface area contributed by atoms with Gasteiger partial charge >= 0.3 is 0 Å². The number of nitrogens with zero attached hydrogens (tertiary/aromatic N) is 2. The van der Waals surface area contributed by atoms with Gasteiger partial charge in [0, 0.05) is 19.6 Å². The maximum Gasteiger partial charge on any atom is 0.261 e. The van der Waals surface area contributed by atoms with Crippen molar-refractivity contribution in [2.45, 2.75) is 13.0 Å². The lowest BCUT2D eigenvalue weighted by Crippen LogP contribution is -2.50. The first-order valence-corrected chi connectivity index (χ1v) is 8.36. The molecule has 0 unspecified atom stereocenters. The fourth-order valence-electron chi connectivity index (χ4n) is 3.12. The molecule has 1 atom stereocenters. The van der Waals surface area contributed by atoms with Crippen LogP contribution in [-0.4, -0.2) is 49.0 Å². The van der Waals surface area contributed by atoms with Crippen LogP contribution < -0.4 is 4.74 Å². The summed E-state index contributed by atoms with van der Waals surface area (Å²) < 4.78 is 5.76. The highest BCUT2D eigenvalue weighted by molar-refractivity contribution is 5.78. The van der Waals surface area contributed by atoms with Crippen molar-refractivity contribution in [1.29, 1.82) is 0 Å². The molecule has 0 aliphatic carbocycles. The standard InChI is InChI=1S/C20H24N2O2/c1-16-8-6-7-11-19(16)24-15-20(23)22-13-12-21(2)14-18(22)17-9-4-3-5-10-17/h3-11,18H,12-15H2,1-2H3/t18-/m0/s1. The monoisotopic (exact) mass is 324 g/mol. The summed E-state index contributed by atoms with van der Waals surface area (Å²) in [4.78, 5) is 17.0. The summed E-state index contributed by atoms with van der Waals surface area (Å²) in [5.41, 5.74) is 2.22. The van der Waals surface area contributed by atoms with Crippen molar-refractivity contribution < 1.29 is 9.53 Å². The van der Waals surface area contributed by atoms with E-state index in [1.54, 1.807) is 0 Å². The number of piperazine rings is 1. The maximum atomic E-state index is 12.8. The van der Waals surface area contributed by atoms with Gasteiger partial charge < -0.3 is 14.5 Å². The zero-order valence-electron chi connectivity index (χ0n) is 14.3. The number of hydrogen-bond donors (Lipinski definition) is 0. The average molecular weight is 324 g/mol. The van der Waals surface area contributed by atoms with E-state index in [1.165, 1.54) is 5.56 Å². The van der Waals surface area contributed by atoms with Crippen LogP contribution in [0.3, 0.4) is 0 Å². The Morgan fingerprint density at radius 1 is 1.08 bits per heavy atom. The normalized spacial score (nSPS) is 18.4. The zero-order chi connectivity index (χ0) is 16.9. The molecule has 4 nitrogen and oxygen atoms in total. The summed E-state index contributed by atoms with van der Waals surface area (Å²) in [6.45, 7) is 4.53. The van der Waals surface area contributed by atoms with Crippen LogP contribution in [-0.2, 0) is 4.79 Å². The quantitative estimate of drug-likeness (QED) is 0.867. The van der Waals surface area contributed by atoms with Crippen molar-refractivity contribution >= 4 is 5.91 Å². The van der Waals surface area contributed by atoms with Crippen molar-refractivity contribution in [2.24, 2.45) is 0 Å². The van der Waals surface area contributed by atoms with Gasteiger partial charge in [-0.15, -0.1) is 0 Å². The maximum absolute atomic E-state index is 12.8. The number of carbonyl (C=O) groups excluding carboxylic acids is 1. The third-order valence-electron chi connectivity index (χ3n) is 4.53. The summed E-state index contributed by atoms with van der Waals surface area (Å²) >= 11 is 0. The van der Waals surface area contributed by atoms with Gasteiger partial charge in [0.2, 0.25) is 0 Å². The Morgan fingerprint density at radius 3 is 2.54 bits per heavy atom. The van der Waals surface area contributed by atoms with Gasteiger partial charge in [-0.05, 0) is 31.2 Å². The SMILES string of the molecule is Cc1ccccc1OCC(=O)N1CCN(C)C[C@H]1c1ccccc1. The largest absolute Gasteiger partial charge is 0.484 e. The lowest BCUT2D eigenvalue weighted by atomic mass is 10.0. The Morgan fingerprint density at radius 2 is 1.79 bits per heavy atom. The van der Waals surface area contributed by atoms with E-state index in [4.69, 9.17) is 4.74 Å². The van der Waals surface area contributed by atoms with E-state index >= 15 is 0 Å². The second-order valence-electron chi connectivity index (χ2n) is 6.33. The summed E-state index contributed by atoms with van der Waals surface area (Å²) in [6, 6.07) is 18.1. The van der Waals surface area contributed by atoms with Gasteiger partial charge in [0.1, 0.15) is 5.75 Å². The molecule has 2 aromatic rings. The molecule has 1 saturated heterocycles. The zero-order valence-corrected chi connectivity index (χ0v) is 14.3. The Kier molecular flexibility index (Phi) is 5.16. The minimum Gasteiger partial charge on any atom is -0.484 e. The molecule has 4 heteroatoms. The molecule has 0 radical (unpaired) electrons. The van der Waals surface area contributed by atoms with Crippen LogP contribution in [0.5, 0.6) is 5.75 Å². The number of hydrogen-bond acceptors (Lipinski definition) is 3. The number of carbonyl (C=O) groups is 1. The van der Waals surface area contributed by atoms with Crippen molar-refractivity contribution in [2.75, 3.05) is 33.3 Å². The molecule has 2 aromatic carbocycles. The molecule has 0 saturated carbocycles. The molecular weight excluding hydrogens is 300 g/mol. The van der Waals surface area contributed by atoms with Crippen molar-refractivity contribution in [1.82, 2.24) is 9.80 Å². The van der Waals surface area contributed by atoms with Crippen LogP contribution in [0, 0.1) is 6.92 Å². The van der Waals surface area contributed by atoms with Crippen LogP contribution in [0.4, 0.5) is 0 Å². The highest BCUT2D eigenvalue weighted by Crippen LogP contribution is 2.25. The molecule has 1 aliphatic rings. The molecule has 1 amide bonds. The first-order chi connectivity index (χ1) is 11.6. The number of ether oxygens (including phenoxy) is 1. The first-order valence-electron chi connectivity index (χ1n) is 8.36. The predicted octanol–water partition coefficient (Wildman–Crippen LogP) is 2.89. The van der Waals surface area contributed by atoms with E-state index in [-0.39, 0.29) is 18.6 Å². The molecule has 0 N–H and O–H groups in total. The summed E-state index contributed by atoms with van der Waals surface area (Å²) in [6.07, 6.45) is 0. The third kappa shape index (κ3) is 3.77. The van der Waals surface area contributed by atoms with E-state index in [9.17, 15) is 4.79 Å². The van der Waals surface area contributed by atoms with Crippen molar-refractivity contribution in [3.8, 4) is 5.75 Å². The molecule has 24 heavy (non-hydrogen) atoms. The highest BCUT2D eigenvalue weighted by Gasteiger charge is 2.30. The van der Waals surface area contributed by atoms with E-state index < -0.39 is 0 Å². The van der Waals surface area contributed by atoms with Gasteiger partial charge in [-0.3, -0.25) is 4.79 Å². The van der Waals surface area contributed by atoms with Gasteiger partial charge in [0.15, 0.2) is 6.61 Å². The molecule has 1 aliphatic heterocycles. The van der Waals surface area contributed by atoms with Gasteiger partial charge in [-0.2, -0.15) is 0 Å². The van der Waals surface area contributed by atoms with E-state index in [1.807, 2.05) is 54.3 Å². The predicted molar refractivity (Wildman–Crippen MR) is 95.1 cm³/mol. The second kappa shape index (κ2) is 7.49. The van der Waals surface area contributed by atoms with Gasteiger partial charge in [-0.1, -0.05) is 48.5 Å². The second-order valence-corrected chi connectivity index (χ2v) is 6.33. The van der Waals surface area contributed by atoms with E-state index in [0.717, 1.165) is 30.9 Å². The number of rotatable bonds is 4. The highest BCUT2D eigenvalue weighted by atomic mass is 16.5. The van der Waals surface area contributed by atoms with Crippen LogP contribution >= 0.6 is 0 Å². The van der Waals surface area contributed by atoms with E-state index in [0.29, 0.717) is 0 Å². The van der Waals surface area contributed by atoms with Crippen LogP contribution in [0.1, 0.15) is 17.2 Å². The fraction of sp³-hybridized carbons (Fsp3) is 0.350. The molecule has 1 heterocycles. The number of aryl methyl sites for hydroxylation is 1. The average Bonchev–Trinajstić information content (AvgIpc) is 2.61. The van der Waals surface area contributed by atoms with Crippen LogP contribution in [0.15, 0.2) is 54.6 Å². The first kappa shape index (κ1) is 16.5. The minimum atomic E-state index is 0.0419. The Bertz CT molecular complexity index is 687. The van der Waals surface area contributed by atoms with Crippen molar-refractivity contribution in [3.05, 3.63) is 65.7 Å². The Labute approximate surface area is 143 Å². The lowest BCUT2D eigenvalue weighted by Gasteiger charge is -2.40. The van der Waals surface area contributed by atoms with E-state index in [2.05, 4.69) is 24.1 Å². The number of amides is 1.